The molecule has 0 aliphatic heterocycles. The summed E-state index contributed by atoms with van der Waals surface area (Å²) in [5.41, 5.74) is 2.46. The molecular formula is C20H21NO3. The Labute approximate surface area is 141 Å². The maximum atomic E-state index is 10.4. The van der Waals surface area contributed by atoms with Crippen molar-refractivity contribution in [1.82, 2.24) is 4.98 Å². The van der Waals surface area contributed by atoms with E-state index in [1.54, 1.807) is 13.2 Å². The fraction of sp³-hybridized carbons (Fsp3) is 0.250. The van der Waals surface area contributed by atoms with Crippen LogP contribution in [0.15, 0.2) is 48.5 Å². The third-order valence-corrected chi connectivity index (χ3v) is 3.89. The Morgan fingerprint density at radius 3 is 2.58 bits per heavy atom. The summed E-state index contributed by atoms with van der Waals surface area (Å²) in [5, 5.41) is 11.0. The zero-order chi connectivity index (χ0) is 16.9. The molecule has 24 heavy (non-hydrogen) atoms. The molecule has 124 valence electrons. The van der Waals surface area contributed by atoms with Gasteiger partial charge in [0.05, 0.1) is 30.3 Å². The van der Waals surface area contributed by atoms with E-state index in [2.05, 4.69) is 11.9 Å². The SMILES string of the molecule is CCCCOc1cc(-c2ccccc2)nc2cc(OC)cc(O)c12. The van der Waals surface area contributed by atoms with Crippen LogP contribution in [0.4, 0.5) is 0 Å². The van der Waals surface area contributed by atoms with Crippen LogP contribution in [0.5, 0.6) is 17.2 Å². The van der Waals surface area contributed by atoms with Crippen molar-refractivity contribution in [3.05, 3.63) is 48.5 Å². The molecule has 3 rings (SSSR count). The summed E-state index contributed by atoms with van der Waals surface area (Å²) in [6.07, 6.45) is 2.01. The van der Waals surface area contributed by atoms with E-state index in [1.165, 1.54) is 0 Å². The van der Waals surface area contributed by atoms with Gasteiger partial charge in [-0.25, -0.2) is 4.98 Å². The van der Waals surface area contributed by atoms with Crippen LogP contribution in [0, 0.1) is 0 Å². The molecule has 0 aliphatic rings. The van der Waals surface area contributed by atoms with E-state index < -0.39 is 0 Å². The number of benzene rings is 2. The van der Waals surface area contributed by atoms with Gasteiger partial charge in [0.2, 0.25) is 0 Å². The van der Waals surface area contributed by atoms with Crippen molar-refractivity contribution in [3.8, 4) is 28.5 Å². The molecule has 0 radical (unpaired) electrons. The molecule has 0 saturated heterocycles. The van der Waals surface area contributed by atoms with E-state index in [9.17, 15) is 5.11 Å². The van der Waals surface area contributed by atoms with Crippen LogP contribution in [-0.4, -0.2) is 23.8 Å². The summed E-state index contributed by atoms with van der Waals surface area (Å²) >= 11 is 0. The van der Waals surface area contributed by atoms with E-state index in [0.717, 1.165) is 24.1 Å². The molecule has 1 N–H and O–H groups in total. The highest BCUT2D eigenvalue weighted by atomic mass is 16.5. The molecule has 0 amide bonds. The number of hydrogen-bond donors (Lipinski definition) is 1. The summed E-state index contributed by atoms with van der Waals surface area (Å²) in [7, 11) is 1.57. The highest BCUT2D eigenvalue weighted by Crippen LogP contribution is 2.38. The maximum Gasteiger partial charge on any atom is 0.134 e. The lowest BCUT2D eigenvalue weighted by Crippen LogP contribution is -1.99. The van der Waals surface area contributed by atoms with Crippen LogP contribution < -0.4 is 9.47 Å². The third-order valence-electron chi connectivity index (χ3n) is 3.89. The zero-order valence-electron chi connectivity index (χ0n) is 14.0. The molecular weight excluding hydrogens is 302 g/mol. The second-order valence-electron chi connectivity index (χ2n) is 5.61. The van der Waals surface area contributed by atoms with Crippen molar-refractivity contribution in [2.45, 2.75) is 19.8 Å². The predicted octanol–water partition coefficient (Wildman–Crippen LogP) is 4.79. The van der Waals surface area contributed by atoms with Gasteiger partial charge in [0, 0.05) is 23.8 Å². The van der Waals surface area contributed by atoms with E-state index in [0.29, 0.717) is 29.0 Å². The number of methoxy groups -OCH3 is 1. The monoisotopic (exact) mass is 323 g/mol. The minimum absolute atomic E-state index is 0.114. The number of aromatic hydroxyl groups is 1. The average Bonchev–Trinajstić information content (AvgIpc) is 2.62. The van der Waals surface area contributed by atoms with Crippen molar-refractivity contribution in [3.63, 3.8) is 0 Å². The summed E-state index contributed by atoms with van der Waals surface area (Å²) in [5.74, 6) is 1.33. The minimum atomic E-state index is 0.114. The topological polar surface area (TPSA) is 51.6 Å². The Morgan fingerprint density at radius 1 is 1.08 bits per heavy atom. The fourth-order valence-electron chi connectivity index (χ4n) is 2.60. The lowest BCUT2D eigenvalue weighted by Gasteiger charge is -2.13. The molecule has 4 nitrogen and oxygen atoms in total. The van der Waals surface area contributed by atoms with Crippen LogP contribution in [0.1, 0.15) is 19.8 Å². The van der Waals surface area contributed by atoms with Gasteiger partial charge in [0.25, 0.3) is 0 Å². The predicted molar refractivity (Wildman–Crippen MR) is 95.8 cm³/mol. The first-order valence-electron chi connectivity index (χ1n) is 8.13. The second-order valence-corrected chi connectivity index (χ2v) is 5.61. The van der Waals surface area contributed by atoms with Crippen molar-refractivity contribution >= 4 is 10.9 Å². The molecule has 0 atom stereocenters. The molecule has 3 aromatic rings. The highest BCUT2D eigenvalue weighted by Gasteiger charge is 2.14. The van der Waals surface area contributed by atoms with Crippen LogP contribution >= 0.6 is 0 Å². The highest BCUT2D eigenvalue weighted by molar-refractivity contribution is 5.94. The molecule has 1 aromatic heterocycles. The van der Waals surface area contributed by atoms with Gasteiger partial charge in [-0.05, 0) is 6.42 Å². The number of hydrogen-bond acceptors (Lipinski definition) is 4. The number of nitrogens with zero attached hydrogens (tertiary/aromatic N) is 1. The van der Waals surface area contributed by atoms with Gasteiger partial charge in [0.15, 0.2) is 0 Å². The quantitative estimate of drug-likeness (QED) is 0.662. The van der Waals surface area contributed by atoms with E-state index in [-0.39, 0.29) is 5.75 Å². The van der Waals surface area contributed by atoms with Gasteiger partial charge in [0.1, 0.15) is 17.2 Å². The number of phenolic OH excluding ortho intramolecular Hbond substituents is 1. The average molecular weight is 323 g/mol. The van der Waals surface area contributed by atoms with Crippen LogP contribution in [0.3, 0.4) is 0 Å². The third kappa shape index (κ3) is 3.27. The summed E-state index contributed by atoms with van der Waals surface area (Å²) < 4.78 is 11.2. The number of unbranched alkanes of at least 4 members (excludes halogenated alkanes) is 1. The molecule has 0 fully saturated rings. The Bertz CT molecular complexity index is 831. The minimum Gasteiger partial charge on any atom is -0.507 e. The molecule has 0 bridgehead atoms. The number of ether oxygens (including phenoxy) is 2. The van der Waals surface area contributed by atoms with Crippen LogP contribution in [0.2, 0.25) is 0 Å². The van der Waals surface area contributed by atoms with E-state index in [4.69, 9.17) is 9.47 Å². The Kier molecular flexibility index (Phi) is 4.85. The first kappa shape index (κ1) is 16.1. The number of aromatic nitrogens is 1. The zero-order valence-corrected chi connectivity index (χ0v) is 14.0. The first-order chi connectivity index (χ1) is 11.7. The molecule has 1 heterocycles. The number of pyridine rings is 1. The number of rotatable bonds is 6. The van der Waals surface area contributed by atoms with E-state index in [1.807, 2.05) is 42.5 Å². The molecule has 4 heteroatoms. The number of fused-ring (bicyclic) bond motifs is 1. The Morgan fingerprint density at radius 2 is 1.88 bits per heavy atom. The molecule has 0 aliphatic carbocycles. The first-order valence-corrected chi connectivity index (χ1v) is 8.13. The number of phenols is 1. The normalized spacial score (nSPS) is 10.8. The van der Waals surface area contributed by atoms with E-state index >= 15 is 0 Å². The summed E-state index contributed by atoms with van der Waals surface area (Å²) in [4.78, 5) is 4.68. The standard InChI is InChI=1S/C20H21NO3/c1-3-4-10-24-19-13-16(14-8-6-5-7-9-14)21-17-11-15(23-2)12-18(22)20(17)19/h5-9,11-13,22H,3-4,10H2,1-2H3. The molecule has 0 unspecified atom stereocenters. The lowest BCUT2D eigenvalue weighted by molar-refractivity contribution is 0.312. The molecule has 0 spiro atoms. The Hall–Kier alpha value is -2.75. The fourth-order valence-corrected chi connectivity index (χ4v) is 2.60. The maximum absolute atomic E-state index is 10.4. The van der Waals surface area contributed by atoms with Crippen molar-refractivity contribution in [1.29, 1.82) is 0 Å². The van der Waals surface area contributed by atoms with Gasteiger partial charge in [-0.1, -0.05) is 43.7 Å². The summed E-state index contributed by atoms with van der Waals surface area (Å²) in [6, 6.07) is 15.2. The largest absolute Gasteiger partial charge is 0.507 e. The van der Waals surface area contributed by atoms with Gasteiger partial charge in [-0.3, -0.25) is 0 Å². The van der Waals surface area contributed by atoms with Crippen molar-refractivity contribution < 1.29 is 14.6 Å². The Balaban J connectivity index is 2.16. The smallest absolute Gasteiger partial charge is 0.134 e. The van der Waals surface area contributed by atoms with Crippen LogP contribution in [-0.2, 0) is 0 Å². The molecule has 2 aromatic carbocycles. The van der Waals surface area contributed by atoms with Gasteiger partial charge >= 0.3 is 0 Å². The van der Waals surface area contributed by atoms with Crippen molar-refractivity contribution in [2.75, 3.05) is 13.7 Å². The molecule has 0 saturated carbocycles. The van der Waals surface area contributed by atoms with Gasteiger partial charge < -0.3 is 14.6 Å². The van der Waals surface area contributed by atoms with Crippen molar-refractivity contribution in [2.24, 2.45) is 0 Å². The second kappa shape index (κ2) is 7.21. The lowest BCUT2D eigenvalue weighted by atomic mass is 10.1. The van der Waals surface area contributed by atoms with Gasteiger partial charge in [-0.15, -0.1) is 0 Å². The summed E-state index contributed by atoms with van der Waals surface area (Å²) in [6.45, 7) is 2.72. The van der Waals surface area contributed by atoms with Crippen LogP contribution in [0.25, 0.3) is 22.2 Å². The van der Waals surface area contributed by atoms with Gasteiger partial charge in [-0.2, -0.15) is 0 Å².